The zero-order valence-electron chi connectivity index (χ0n) is 9.32. The number of hydrogen-bond acceptors (Lipinski definition) is 2. The van der Waals surface area contributed by atoms with Crippen molar-refractivity contribution in [2.45, 2.75) is 0 Å². The maximum atomic E-state index is 5.94. The molecule has 0 amide bonds. The fourth-order valence-corrected chi connectivity index (χ4v) is 1.68. The van der Waals surface area contributed by atoms with Gasteiger partial charge in [0.15, 0.2) is 0 Å². The molecular formula is C13H12Cl2N2. The third-order valence-electron chi connectivity index (χ3n) is 2.34. The van der Waals surface area contributed by atoms with E-state index in [2.05, 4.69) is 5.43 Å². The molecule has 0 radical (unpaired) electrons. The highest BCUT2D eigenvalue weighted by Gasteiger charge is 1.98. The van der Waals surface area contributed by atoms with Crippen LogP contribution in [0, 0.1) is 0 Å². The lowest BCUT2D eigenvalue weighted by atomic mass is 10.1. The topological polar surface area (TPSA) is 15.3 Å². The number of hydrazine groups is 1. The van der Waals surface area contributed by atoms with E-state index in [1.165, 1.54) is 0 Å². The monoisotopic (exact) mass is 266 g/mol. The molecule has 0 saturated carbocycles. The Morgan fingerprint density at radius 3 is 2.65 bits per heavy atom. The Hall–Kier alpha value is -1.38. The smallest absolute Gasteiger partial charge is 0.0598 e. The molecule has 0 bridgehead atoms. The third-order valence-corrected chi connectivity index (χ3v) is 3.08. The quantitative estimate of drug-likeness (QED) is 0.875. The summed E-state index contributed by atoms with van der Waals surface area (Å²) in [5.41, 5.74) is 5.19. The average molecular weight is 267 g/mol. The van der Waals surface area contributed by atoms with Crippen molar-refractivity contribution >= 4 is 29.3 Å². The van der Waals surface area contributed by atoms with Crippen molar-refractivity contribution in [1.82, 2.24) is 10.4 Å². The molecule has 1 N–H and O–H groups in total. The van der Waals surface area contributed by atoms with E-state index in [1.807, 2.05) is 54.8 Å². The van der Waals surface area contributed by atoms with Gasteiger partial charge in [-0.05, 0) is 29.3 Å². The van der Waals surface area contributed by atoms with Gasteiger partial charge in [-0.15, -0.1) is 0 Å². The Morgan fingerprint density at radius 1 is 1.18 bits per heavy atom. The minimum Gasteiger partial charge on any atom is -0.306 e. The van der Waals surface area contributed by atoms with Crippen molar-refractivity contribution in [2.75, 3.05) is 7.05 Å². The first-order valence-electron chi connectivity index (χ1n) is 5.16. The second-order valence-electron chi connectivity index (χ2n) is 3.71. The summed E-state index contributed by atoms with van der Waals surface area (Å²) >= 11 is 11.8. The molecular weight excluding hydrogens is 255 g/mol. The summed E-state index contributed by atoms with van der Waals surface area (Å²) < 4.78 is 0. The molecule has 0 saturated heterocycles. The number of hydrogen-bond donors (Lipinski definition) is 1. The molecule has 0 aliphatic carbocycles. The molecule has 1 aromatic rings. The van der Waals surface area contributed by atoms with E-state index in [0.717, 1.165) is 11.1 Å². The predicted molar refractivity (Wildman–Crippen MR) is 73.6 cm³/mol. The molecule has 1 aliphatic rings. The zero-order valence-corrected chi connectivity index (χ0v) is 10.8. The Bertz CT molecular complexity index is 504. The van der Waals surface area contributed by atoms with Gasteiger partial charge < -0.3 is 5.43 Å². The van der Waals surface area contributed by atoms with Crippen molar-refractivity contribution in [3.8, 4) is 0 Å². The number of benzene rings is 1. The number of nitrogens with zero attached hydrogens (tertiary/aromatic N) is 1. The standard InChI is InChI=1S/C13H12Cl2N2/c1-17-7-6-11(9-16-17)3-2-10-4-5-12(14)13(15)8-10/h2-9,16H,1H3/b3-2+. The van der Waals surface area contributed by atoms with Gasteiger partial charge in [-0.1, -0.05) is 41.4 Å². The van der Waals surface area contributed by atoms with E-state index in [4.69, 9.17) is 23.2 Å². The highest BCUT2D eigenvalue weighted by molar-refractivity contribution is 6.42. The van der Waals surface area contributed by atoms with E-state index < -0.39 is 0 Å². The van der Waals surface area contributed by atoms with Gasteiger partial charge in [0.05, 0.1) is 10.0 Å². The van der Waals surface area contributed by atoms with Crippen molar-refractivity contribution in [1.29, 1.82) is 0 Å². The fraction of sp³-hybridized carbons (Fsp3) is 0.0769. The summed E-state index contributed by atoms with van der Waals surface area (Å²) in [6.07, 6.45) is 9.90. The van der Waals surface area contributed by atoms with Crippen LogP contribution >= 0.6 is 23.2 Å². The van der Waals surface area contributed by atoms with Crippen LogP contribution in [-0.2, 0) is 0 Å². The molecule has 0 aromatic heterocycles. The number of nitrogens with one attached hydrogen (secondary N) is 1. The molecule has 2 nitrogen and oxygen atoms in total. The first-order chi connectivity index (χ1) is 8.15. The second-order valence-corrected chi connectivity index (χ2v) is 4.52. The van der Waals surface area contributed by atoms with Crippen LogP contribution in [0.15, 0.2) is 48.3 Å². The van der Waals surface area contributed by atoms with E-state index >= 15 is 0 Å². The van der Waals surface area contributed by atoms with E-state index in [0.29, 0.717) is 10.0 Å². The zero-order chi connectivity index (χ0) is 12.3. The molecule has 1 aromatic carbocycles. The van der Waals surface area contributed by atoms with Gasteiger partial charge >= 0.3 is 0 Å². The Balaban J connectivity index is 2.10. The molecule has 4 heteroatoms. The van der Waals surface area contributed by atoms with Crippen LogP contribution in [0.25, 0.3) is 6.08 Å². The third kappa shape index (κ3) is 3.29. The van der Waals surface area contributed by atoms with Gasteiger partial charge in [-0.3, -0.25) is 5.01 Å². The van der Waals surface area contributed by atoms with Gasteiger partial charge in [0.2, 0.25) is 0 Å². The predicted octanol–water partition coefficient (Wildman–Crippen LogP) is 3.85. The van der Waals surface area contributed by atoms with Crippen molar-refractivity contribution in [2.24, 2.45) is 0 Å². The van der Waals surface area contributed by atoms with E-state index in [-0.39, 0.29) is 0 Å². The molecule has 88 valence electrons. The molecule has 0 atom stereocenters. The normalized spacial score (nSPS) is 15.0. The number of allylic oxidation sites excluding steroid dienone is 3. The number of rotatable bonds is 2. The Labute approximate surface area is 111 Å². The van der Waals surface area contributed by atoms with Crippen LogP contribution in [0.3, 0.4) is 0 Å². The lowest BCUT2D eigenvalue weighted by molar-refractivity contribution is 0.381. The summed E-state index contributed by atoms with van der Waals surface area (Å²) in [5.74, 6) is 0. The van der Waals surface area contributed by atoms with Crippen LogP contribution in [0.2, 0.25) is 10.0 Å². The van der Waals surface area contributed by atoms with Gasteiger partial charge in [-0.25, -0.2) is 0 Å². The van der Waals surface area contributed by atoms with E-state index in [9.17, 15) is 0 Å². The lowest BCUT2D eigenvalue weighted by Crippen LogP contribution is -2.26. The molecule has 0 spiro atoms. The molecule has 0 fully saturated rings. The largest absolute Gasteiger partial charge is 0.306 e. The Morgan fingerprint density at radius 2 is 2.00 bits per heavy atom. The minimum atomic E-state index is 0.569. The van der Waals surface area contributed by atoms with Crippen molar-refractivity contribution in [3.63, 3.8) is 0 Å². The fourth-order valence-electron chi connectivity index (χ4n) is 1.38. The molecule has 0 unspecified atom stereocenters. The highest BCUT2D eigenvalue weighted by Crippen LogP contribution is 2.23. The first-order valence-corrected chi connectivity index (χ1v) is 5.91. The summed E-state index contributed by atoms with van der Waals surface area (Å²) in [6.45, 7) is 0. The minimum absolute atomic E-state index is 0.569. The van der Waals surface area contributed by atoms with Gasteiger partial charge in [0, 0.05) is 19.4 Å². The summed E-state index contributed by atoms with van der Waals surface area (Å²) in [5, 5.41) is 3.01. The average Bonchev–Trinajstić information content (AvgIpc) is 2.33. The summed E-state index contributed by atoms with van der Waals surface area (Å²) in [6, 6.07) is 5.56. The van der Waals surface area contributed by atoms with Crippen LogP contribution in [0.1, 0.15) is 5.56 Å². The van der Waals surface area contributed by atoms with Gasteiger partial charge in [-0.2, -0.15) is 0 Å². The molecule has 1 heterocycles. The second kappa shape index (κ2) is 5.30. The summed E-state index contributed by atoms with van der Waals surface area (Å²) in [7, 11) is 1.94. The maximum Gasteiger partial charge on any atom is 0.0598 e. The van der Waals surface area contributed by atoms with Gasteiger partial charge in [0.25, 0.3) is 0 Å². The molecule has 17 heavy (non-hydrogen) atoms. The Kier molecular flexibility index (Phi) is 3.77. The van der Waals surface area contributed by atoms with E-state index in [1.54, 1.807) is 6.07 Å². The first kappa shape index (κ1) is 12.1. The lowest BCUT2D eigenvalue weighted by Gasteiger charge is -2.17. The van der Waals surface area contributed by atoms with Crippen LogP contribution in [0.4, 0.5) is 0 Å². The molecule has 1 aliphatic heterocycles. The molecule has 2 rings (SSSR count). The van der Waals surface area contributed by atoms with Crippen LogP contribution < -0.4 is 5.43 Å². The van der Waals surface area contributed by atoms with Crippen LogP contribution in [0.5, 0.6) is 0 Å². The number of halogens is 2. The SMILES string of the molecule is CN1C=CC(/C=C/c2ccc(Cl)c(Cl)c2)=CN1. The maximum absolute atomic E-state index is 5.94. The summed E-state index contributed by atoms with van der Waals surface area (Å²) in [4.78, 5) is 0. The van der Waals surface area contributed by atoms with Crippen LogP contribution in [-0.4, -0.2) is 12.1 Å². The highest BCUT2D eigenvalue weighted by atomic mass is 35.5. The van der Waals surface area contributed by atoms with Gasteiger partial charge in [0.1, 0.15) is 0 Å². The van der Waals surface area contributed by atoms with Crippen molar-refractivity contribution in [3.05, 3.63) is 63.9 Å². The van der Waals surface area contributed by atoms with Crippen molar-refractivity contribution < 1.29 is 0 Å².